The molecule has 1 spiro atoms. The number of rotatable bonds is 4. The van der Waals surface area contributed by atoms with Crippen molar-refractivity contribution in [1.82, 2.24) is 24.6 Å². The lowest BCUT2D eigenvalue weighted by Crippen LogP contribution is -2.48. The van der Waals surface area contributed by atoms with Gasteiger partial charge in [-0.2, -0.15) is 13.2 Å². The summed E-state index contributed by atoms with van der Waals surface area (Å²) in [7, 11) is 0. The van der Waals surface area contributed by atoms with Gasteiger partial charge < -0.3 is 14.8 Å². The van der Waals surface area contributed by atoms with Crippen molar-refractivity contribution in [3.05, 3.63) is 70.9 Å². The molecule has 1 saturated heterocycles. The van der Waals surface area contributed by atoms with Gasteiger partial charge in [-0.1, -0.05) is 18.2 Å². The quantitative estimate of drug-likeness (QED) is 0.433. The molecule has 0 bridgehead atoms. The van der Waals surface area contributed by atoms with E-state index in [9.17, 15) is 31.5 Å². The number of fused-ring (bicyclic) bond motifs is 3. The molecule has 5 heterocycles. The highest BCUT2D eigenvalue weighted by Gasteiger charge is 2.44. The first-order chi connectivity index (χ1) is 20.0. The van der Waals surface area contributed by atoms with E-state index in [-0.39, 0.29) is 42.0 Å². The molecule has 2 amide bonds. The number of hydrogen-bond donors (Lipinski definition) is 1. The maximum absolute atomic E-state index is 14.7. The fourth-order valence-electron chi connectivity index (χ4n) is 6.77. The fraction of sp³-hybridized carbons (Fsp3) is 0.483. The molecule has 1 fully saturated rings. The molecule has 8 nitrogen and oxygen atoms in total. The number of alkyl halides is 3. The first-order valence-corrected chi connectivity index (χ1v) is 14.0. The normalized spacial score (nSPS) is 21.8. The van der Waals surface area contributed by atoms with Crippen LogP contribution in [-0.2, 0) is 28.0 Å². The number of hydrogen-bond acceptors (Lipinski definition) is 5. The molecule has 0 aliphatic carbocycles. The molecule has 3 aromatic rings. The highest BCUT2D eigenvalue weighted by Crippen LogP contribution is 2.45. The molecule has 1 N–H and O–H groups in total. The highest BCUT2D eigenvalue weighted by molar-refractivity contribution is 5.94. The minimum atomic E-state index is -4.55. The van der Waals surface area contributed by atoms with Crippen LogP contribution in [-0.4, -0.2) is 55.7 Å². The van der Waals surface area contributed by atoms with Gasteiger partial charge in [-0.15, -0.1) is 10.2 Å². The van der Waals surface area contributed by atoms with Gasteiger partial charge in [0, 0.05) is 61.5 Å². The summed E-state index contributed by atoms with van der Waals surface area (Å²) < 4.78 is 70.2. The van der Waals surface area contributed by atoms with E-state index in [1.54, 1.807) is 11.1 Å². The molecule has 3 aliphatic heterocycles. The highest BCUT2D eigenvalue weighted by atomic mass is 19.4. The minimum Gasteiger partial charge on any atom is -0.343 e. The van der Waals surface area contributed by atoms with E-state index >= 15 is 0 Å². The zero-order valence-electron chi connectivity index (χ0n) is 22.6. The number of pyridine rings is 1. The maximum Gasteiger partial charge on any atom is 0.396 e. The van der Waals surface area contributed by atoms with Crippen LogP contribution in [0.5, 0.6) is 0 Å². The van der Waals surface area contributed by atoms with E-state index in [2.05, 4.69) is 20.5 Å². The van der Waals surface area contributed by atoms with Crippen molar-refractivity contribution in [2.75, 3.05) is 18.4 Å². The molecule has 1 unspecified atom stereocenters. The molecule has 222 valence electrons. The van der Waals surface area contributed by atoms with Crippen LogP contribution >= 0.6 is 0 Å². The van der Waals surface area contributed by atoms with Crippen LogP contribution in [0.4, 0.5) is 27.8 Å². The predicted molar refractivity (Wildman–Crippen MR) is 140 cm³/mol. The Labute approximate surface area is 238 Å². The van der Waals surface area contributed by atoms with Crippen LogP contribution in [0.2, 0.25) is 0 Å². The predicted octanol–water partition coefficient (Wildman–Crippen LogP) is 5.01. The Morgan fingerprint density at radius 1 is 1.07 bits per heavy atom. The van der Waals surface area contributed by atoms with Gasteiger partial charge in [0.15, 0.2) is 11.6 Å². The Hall–Kier alpha value is -3.90. The van der Waals surface area contributed by atoms with Gasteiger partial charge in [-0.25, -0.2) is 13.8 Å². The van der Waals surface area contributed by atoms with Crippen molar-refractivity contribution < 1.29 is 31.5 Å². The molecular weight excluding hydrogens is 559 g/mol. The van der Waals surface area contributed by atoms with E-state index in [4.69, 9.17) is 0 Å². The topological polar surface area (TPSA) is 93.0 Å². The summed E-state index contributed by atoms with van der Waals surface area (Å²) in [6, 6.07) is 7.58. The number of anilines is 1. The van der Waals surface area contributed by atoms with E-state index in [1.807, 2.05) is 12.1 Å². The number of likely N-dealkylation sites (tertiary alicyclic amines) is 1. The Bertz CT molecular complexity index is 1510. The van der Waals surface area contributed by atoms with Crippen LogP contribution in [0.3, 0.4) is 0 Å². The third-order valence-corrected chi connectivity index (χ3v) is 8.90. The lowest BCUT2D eigenvalue weighted by atomic mass is 9.69. The van der Waals surface area contributed by atoms with E-state index in [0.717, 1.165) is 11.6 Å². The van der Waals surface area contributed by atoms with Gasteiger partial charge in [0.1, 0.15) is 23.9 Å². The second-order valence-electron chi connectivity index (χ2n) is 11.5. The van der Waals surface area contributed by atoms with Gasteiger partial charge in [0.2, 0.25) is 11.8 Å². The van der Waals surface area contributed by atoms with Crippen LogP contribution in [0.1, 0.15) is 73.1 Å². The molecule has 3 aliphatic rings. The molecule has 2 atom stereocenters. The molecule has 2 aromatic heterocycles. The SMILES string of the molecule is O=C1CC2(CCN(C(=O)CC3CC[C@H](c4cccc(F)c4F)Cn4c(CC(F)(F)F)nnc43)CC2)c2cccnc2N1. The zero-order valence-corrected chi connectivity index (χ0v) is 22.6. The molecule has 42 heavy (non-hydrogen) atoms. The summed E-state index contributed by atoms with van der Waals surface area (Å²) in [5.74, 6) is -3.04. The number of halogens is 5. The van der Waals surface area contributed by atoms with Gasteiger partial charge in [0.05, 0.1) is 0 Å². The summed E-state index contributed by atoms with van der Waals surface area (Å²) >= 11 is 0. The Balaban J connectivity index is 1.22. The van der Waals surface area contributed by atoms with Crippen molar-refractivity contribution in [1.29, 1.82) is 0 Å². The van der Waals surface area contributed by atoms with Gasteiger partial charge in [0.25, 0.3) is 0 Å². The molecule has 13 heteroatoms. The number of piperidine rings is 1. The number of amides is 2. The van der Waals surface area contributed by atoms with Crippen molar-refractivity contribution >= 4 is 17.6 Å². The average molecular weight is 589 g/mol. The summed E-state index contributed by atoms with van der Waals surface area (Å²) in [6.07, 6.45) is -2.14. The third kappa shape index (κ3) is 5.36. The number of carbonyl (C=O) groups is 2. The summed E-state index contributed by atoms with van der Waals surface area (Å²) in [5.41, 5.74) is 0.619. The van der Waals surface area contributed by atoms with Gasteiger partial charge >= 0.3 is 6.18 Å². The number of benzene rings is 1. The van der Waals surface area contributed by atoms with Crippen molar-refractivity contribution in [3.63, 3.8) is 0 Å². The zero-order chi connectivity index (χ0) is 29.6. The largest absolute Gasteiger partial charge is 0.396 e. The first kappa shape index (κ1) is 28.2. The Morgan fingerprint density at radius 2 is 1.86 bits per heavy atom. The van der Waals surface area contributed by atoms with Crippen molar-refractivity contribution in [3.8, 4) is 0 Å². The van der Waals surface area contributed by atoms with E-state index < -0.39 is 41.5 Å². The first-order valence-electron chi connectivity index (χ1n) is 14.0. The number of nitrogens with zero attached hydrogens (tertiary/aromatic N) is 5. The lowest BCUT2D eigenvalue weighted by Gasteiger charge is -2.44. The van der Waals surface area contributed by atoms with Crippen LogP contribution in [0.15, 0.2) is 36.5 Å². The molecular formula is C29H29F5N6O2. The smallest absolute Gasteiger partial charge is 0.343 e. The summed E-state index contributed by atoms with van der Waals surface area (Å²) in [6.45, 7) is 0.771. The fourth-order valence-corrected chi connectivity index (χ4v) is 6.77. The average Bonchev–Trinajstić information content (AvgIpc) is 3.22. The second-order valence-corrected chi connectivity index (χ2v) is 11.5. The van der Waals surface area contributed by atoms with E-state index in [0.29, 0.717) is 51.0 Å². The Kier molecular flexibility index (Phi) is 7.22. The molecule has 6 rings (SSSR count). The monoisotopic (exact) mass is 588 g/mol. The molecule has 0 saturated carbocycles. The van der Waals surface area contributed by atoms with Crippen LogP contribution in [0.25, 0.3) is 0 Å². The molecule has 0 radical (unpaired) electrons. The van der Waals surface area contributed by atoms with Gasteiger partial charge in [-0.3, -0.25) is 9.59 Å². The number of nitrogens with one attached hydrogen (secondary N) is 1. The number of carbonyl (C=O) groups excluding carboxylic acids is 2. The summed E-state index contributed by atoms with van der Waals surface area (Å²) in [5, 5.41) is 10.7. The van der Waals surface area contributed by atoms with Gasteiger partial charge in [-0.05, 0) is 43.4 Å². The van der Waals surface area contributed by atoms with Crippen molar-refractivity contribution in [2.45, 2.75) is 74.9 Å². The van der Waals surface area contributed by atoms with Crippen molar-refractivity contribution in [2.24, 2.45) is 0 Å². The Morgan fingerprint density at radius 3 is 2.62 bits per heavy atom. The lowest BCUT2D eigenvalue weighted by molar-refractivity contribution is -0.133. The minimum absolute atomic E-state index is 0.00582. The second kappa shape index (κ2) is 10.7. The van der Waals surface area contributed by atoms with Crippen LogP contribution < -0.4 is 5.32 Å². The third-order valence-electron chi connectivity index (χ3n) is 8.90. The van der Waals surface area contributed by atoms with Crippen LogP contribution in [0, 0.1) is 11.6 Å². The van der Waals surface area contributed by atoms with E-state index in [1.165, 1.54) is 16.7 Å². The summed E-state index contributed by atoms with van der Waals surface area (Å²) in [4.78, 5) is 32.0. The number of aromatic nitrogens is 4. The molecule has 1 aromatic carbocycles. The maximum atomic E-state index is 14.7. The standard InChI is InChI=1S/C29H29F5N6O2/c30-21-5-1-3-19(25(21)31)18-7-6-17(27-38-37-22(40(27)16-18)14-29(32,33)34)13-24(42)39-11-8-28(9-12-39)15-23(41)36-26-20(28)4-2-10-35-26/h1-5,10,17-18H,6-9,11-16H2,(H,35,36,41)/t17?,18-/m0/s1.